The third kappa shape index (κ3) is 3.69. The monoisotopic (exact) mass is 202 g/mol. The number of hydrogen-bond acceptors (Lipinski definition) is 4. The summed E-state index contributed by atoms with van der Waals surface area (Å²) in [5.41, 5.74) is 0. The zero-order valence-corrected chi connectivity index (χ0v) is 8.09. The summed E-state index contributed by atoms with van der Waals surface area (Å²) in [5.74, 6) is 0.514. The van der Waals surface area contributed by atoms with Crippen molar-refractivity contribution in [3.63, 3.8) is 0 Å². The molecule has 1 rings (SSSR count). The molecule has 5 heteroatoms. The van der Waals surface area contributed by atoms with E-state index in [0.29, 0.717) is 5.16 Å². The topological polar surface area (TPSA) is 46.0 Å². The molecule has 1 aromatic rings. The van der Waals surface area contributed by atoms with Gasteiger partial charge < -0.3 is 5.11 Å². The van der Waals surface area contributed by atoms with Gasteiger partial charge in [0.2, 0.25) is 0 Å². The molecule has 0 bridgehead atoms. The Morgan fingerprint density at radius 1 is 1.54 bits per heavy atom. The van der Waals surface area contributed by atoms with Gasteiger partial charge in [-0.3, -0.25) is 0 Å². The van der Waals surface area contributed by atoms with Crippen LogP contribution in [0, 0.1) is 11.7 Å². The minimum Gasteiger partial charge on any atom is -0.396 e. The molecule has 1 aromatic heterocycles. The van der Waals surface area contributed by atoms with Crippen LogP contribution in [0.5, 0.6) is 0 Å². The minimum absolute atomic E-state index is 0.147. The van der Waals surface area contributed by atoms with Crippen molar-refractivity contribution in [1.29, 1.82) is 0 Å². The van der Waals surface area contributed by atoms with Crippen LogP contribution in [-0.2, 0) is 0 Å². The first-order valence-corrected chi connectivity index (χ1v) is 4.92. The van der Waals surface area contributed by atoms with Crippen LogP contribution in [0.1, 0.15) is 6.92 Å². The zero-order chi connectivity index (χ0) is 9.68. The van der Waals surface area contributed by atoms with Crippen molar-refractivity contribution in [1.82, 2.24) is 9.97 Å². The maximum absolute atomic E-state index is 12.4. The molecular weight excluding hydrogens is 191 g/mol. The first kappa shape index (κ1) is 10.4. The van der Waals surface area contributed by atoms with E-state index in [2.05, 4.69) is 9.97 Å². The molecule has 0 amide bonds. The van der Waals surface area contributed by atoms with Gasteiger partial charge in [-0.05, 0) is 5.92 Å². The number of aliphatic hydroxyl groups excluding tert-OH is 1. The second-order valence-electron chi connectivity index (χ2n) is 2.78. The quantitative estimate of drug-likeness (QED) is 0.591. The second kappa shape index (κ2) is 5.14. The Morgan fingerprint density at radius 2 is 2.15 bits per heavy atom. The molecule has 0 aromatic carbocycles. The third-order valence-electron chi connectivity index (χ3n) is 1.41. The highest BCUT2D eigenvalue weighted by Crippen LogP contribution is 2.15. The summed E-state index contributed by atoms with van der Waals surface area (Å²) in [5, 5.41) is 9.29. The number of hydrogen-bond donors (Lipinski definition) is 1. The van der Waals surface area contributed by atoms with Crippen molar-refractivity contribution in [2.45, 2.75) is 12.1 Å². The van der Waals surface area contributed by atoms with E-state index >= 15 is 0 Å². The Hall–Kier alpha value is -0.680. The fourth-order valence-corrected chi connectivity index (χ4v) is 1.44. The molecule has 0 fully saturated rings. The Kier molecular flexibility index (Phi) is 4.11. The molecule has 1 atom stereocenters. The van der Waals surface area contributed by atoms with E-state index in [9.17, 15) is 4.39 Å². The minimum atomic E-state index is -0.431. The third-order valence-corrected chi connectivity index (χ3v) is 2.61. The first-order chi connectivity index (χ1) is 6.22. The number of rotatable bonds is 4. The summed E-state index contributed by atoms with van der Waals surface area (Å²) in [7, 11) is 0. The summed E-state index contributed by atoms with van der Waals surface area (Å²) in [6, 6.07) is 0. The van der Waals surface area contributed by atoms with Crippen molar-refractivity contribution in [2.24, 2.45) is 5.92 Å². The van der Waals surface area contributed by atoms with Gasteiger partial charge in [-0.25, -0.2) is 14.4 Å². The van der Waals surface area contributed by atoms with E-state index in [1.165, 1.54) is 11.8 Å². The van der Waals surface area contributed by atoms with Crippen LogP contribution in [0.4, 0.5) is 4.39 Å². The molecule has 0 aliphatic heterocycles. The molecular formula is C8H11FN2OS. The molecule has 3 nitrogen and oxygen atoms in total. The number of aliphatic hydroxyl groups is 1. The SMILES string of the molecule is CC(CO)CSc1ncc(F)cn1. The van der Waals surface area contributed by atoms with Crippen molar-refractivity contribution in [3.8, 4) is 0 Å². The van der Waals surface area contributed by atoms with Gasteiger partial charge in [0.1, 0.15) is 0 Å². The molecule has 0 saturated carbocycles. The van der Waals surface area contributed by atoms with Gasteiger partial charge in [0.25, 0.3) is 0 Å². The van der Waals surface area contributed by atoms with Crippen molar-refractivity contribution < 1.29 is 9.50 Å². The average Bonchev–Trinajstić information content (AvgIpc) is 2.16. The maximum atomic E-state index is 12.4. The van der Waals surface area contributed by atoms with Crippen LogP contribution < -0.4 is 0 Å². The van der Waals surface area contributed by atoms with E-state index in [1.54, 1.807) is 0 Å². The predicted molar refractivity (Wildman–Crippen MR) is 49.0 cm³/mol. The molecule has 1 heterocycles. The lowest BCUT2D eigenvalue weighted by Gasteiger charge is -2.04. The van der Waals surface area contributed by atoms with Gasteiger partial charge >= 0.3 is 0 Å². The largest absolute Gasteiger partial charge is 0.396 e. The van der Waals surface area contributed by atoms with Crippen LogP contribution in [0.3, 0.4) is 0 Å². The molecule has 13 heavy (non-hydrogen) atoms. The fourth-order valence-electron chi connectivity index (χ4n) is 0.644. The van der Waals surface area contributed by atoms with Crippen LogP contribution >= 0.6 is 11.8 Å². The van der Waals surface area contributed by atoms with Crippen LogP contribution in [0.25, 0.3) is 0 Å². The molecule has 0 radical (unpaired) electrons. The lowest BCUT2D eigenvalue weighted by molar-refractivity contribution is 0.250. The first-order valence-electron chi connectivity index (χ1n) is 3.93. The molecule has 1 unspecified atom stereocenters. The van der Waals surface area contributed by atoms with Crippen LogP contribution in [-0.4, -0.2) is 27.4 Å². The fraction of sp³-hybridized carbons (Fsp3) is 0.500. The Labute approximate surface area is 80.4 Å². The molecule has 0 saturated heterocycles. The highest BCUT2D eigenvalue weighted by Gasteiger charge is 2.03. The predicted octanol–water partition coefficient (Wildman–Crippen LogP) is 1.34. The van der Waals surface area contributed by atoms with Crippen molar-refractivity contribution in [2.75, 3.05) is 12.4 Å². The Balaban J connectivity index is 2.41. The van der Waals surface area contributed by atoms with E-state index in [1.807, 2.05) is 6.92 Å². The van der Waals surface area contributed by atoms with E-state index < -0.39 is 5.82 Å². The average molecular weight is 202 g/mol. The second-order valence-corrected chi connectivity index (χ2v) is 3.77. The van der Waals surface area contributed by atoms with Gasteiger partial charge in [-0.1, -0.05) is 18.7 Å². The standard InChI is InChI=1S/C8H11FN2OS/c1-6(4-12)5-13-8-10-2-7(9)3-11-8/h2-3,6,12H,4-5H2,1H3. The molecule has 72 valence electrons. The highest BCUT2D eigenvalue weighted by atomic mass is 32.2. The summed E-state index contributed by atoms with van der Waals surface area (Å²) in [6.07, 6.45) is 2.28. The smallest absolute Gasteiger partial charge is 0.187 e. The highest BCUT2D eigenvalue weighted by molar-refractivity contribution is 7.99. The van der Waals surface area contributed by atoms with E-state index in [4.69, 9.17) is 5.11 Å². The summed E-state index contributed by atoms with van der Waals surface area (Å²) in [6.45, 7) is 2.07. The molecule has 0 aliphatic rings. The van der Waals surface area contributed by atoms with Gasteiger partial charge in [-0.2, -0.15) is 0 Å². The number of halogens is 1. The van der Waals surface area contributed by atoms with E-state index in [-0.39, 0.29) is 12.5 Å². The normalized spacial score (nSPS) is 12.8. The number of aromatic nitrogens is 2. The van der Waals surface area contributed by atoms with Crippen LogP contribution in [0.15, 0.2) is 17.6 Å². The Bertz CT molecular complexity index is 255. The number of thioether (sulfide) groups is 1. The Morgan fingerprint density at radius 3 is 2.69 bits per heavy atom. The molecule has 0 spiro atoms. The van der Waals surface area contributed by atoms with Crippen molar-refractivity contribution in [3.05, 3.63) is 18.2 Å². The molecule has 1 N–H and O–H groups in total. The van der Waals surface area contributed by atoms with Crippen LogP contribution in [0.2, 0.25) is 0 Å². The zero-order valence-electron chi connectivity index (χ0n) is 7.27. The van der Waals surface area contributed by atoms with Gasteiger partial charge in [0.15, 0.2) is 11.0 Å². The lowest BCUT2D eigenvalue weighted by atomic mass is 10.2. The maximum Gasteiger partial charge on any atom is 0.187 e. The van der Waals surface area contributed by atoms with E-state index in [0.717, 1.165) is 18.1 Å². The molecule has 0 aliphatic carbocycles. The lowest BCUT2D eigenvalue weighted by Crippen LogP contribution is -2.03. The number of nitrogens with zero attached hydrogens (tertiary/aromatic N) is 2. The summed E-state index contributed by atoms with van der Waals surface area (Å²) >= 11 is 1.41. The van der Waals surface area contributed by atoms with Gasteiger partial charge in [0.05, 0.1) is 12.4 Å². The van der Waals surface area contributed by atoms with Gasteiger partial charge in [-0.15, -0.1) is 0 Å². The summed E-state index contributed by atoms with van der Waals surface area (Å²) in [4.78, 5) is 7.56. The summed E-state index contributed by atoms with van der Waals surface area (Å²) < 4.78 is 12.4. The van der Waals surface area contributed by atoms with Gasteiger partial charge in [0, 0.05) is 12.4 Å². The van der Waals surface area contributed by atoms with Crippen molar-refractivity contribution >= 4 is 11.8 Å².